The van der Waals surface area contributed by atoms with Crippen molar-refractivity contribution in [2.75, 3.05) is 33.5 Å². The van der Waals surface area contributed by atoms with Gasteiger partial charge in [0.05, 0.1) is 18.2 Å². The Morgan fingerprint density at radius 1 is 0.948 bits per heavy atom. The SMILES string of the molecule is C=CCO[C@@]12Oc3ccc(Oc4cccc(C=O)c4)cc3[C@H]3[C@H](CCCCO)[C@@H](CCCCO)C=C(C(=NOCC)C[C@@H]1N(C)C(=O)c1ccc4ccccc4c1)[C@H]32. The first kappa shape index (κ1) is 40.9. The Labute approximate surface area is 340 Å². The summed E-state index contributed by atoms with van der Waals surface area (Å²) in [7, 11) is 1.81. The number of carbonyl (C=O) groups is 2. The summed E-state index contributed by atoms with van der Waals surface area (Å²) in [4.78, 5) is 33.9. The standard InChI is InChI=1S/C48H54N2O8/c1-4-25-55-48-44(50(3)47(54)36-20-19-33-14-6-7-15-34(33)27-36)30-42(49-56-5-2)40-28-35(16-8-10-23-51)39(18-9-11-24-52)45(46(40)48)41-29-38(21-22-43(41)58-48)57-37-17-12-13-32(26-37)31-53/h4,6-7,12-15,17,19-22,26-29,31,35,39,44-46,51-52H,1,5,8-11,16,18,23-25,30H2,2-3H3/t35-,39+,44-,45+,46+,48+/m0/s1. The highest BCUT2D eigenvalue weighted by Crippen LogP contribution is 2.62. The Morgan fingerprint density at radius 2 is 1.72 bits per heavy atom. The highest BCUT2D eigenvalue weighted by molar-refractivity contribution is 6.04. The third-order valence-electron chi connectivity index (χ3n) is 12.0. The molecule has 304 valence electrons. The number of unbranched alkanes of at least 4 members (excludes halogenated alkanes) is 2. The number of hydrogen-bond acceptors (Lipinski definition) is 9. The summed E-state index contributed by atoms with van der Waals surface area (Å²) in [6.07, 6.45) is 9.78. The number of nitrogens with zero attached hydrogens (tertiary/aromatic N) is 2. The maximum atomic E-state index is 14.7. The second-order valence-electron chi connectivity index (χ2n) is 15.5. The summed E-state index contributed by atoms with van der Waals surface area (Å²) >= 11 is 0. The van der Waals surface area contributed by atoms with Crippen LogP contribution in [0.25, 0.3) is 10.8 Å². The molecular weight excluding hydrogens is 733 g/mol. The first-order valence-electron chi connectivity index (χ1n) is 20.5. The van der Waals surface area contributed by atoms with E-state index in [2.05, 4.69) is 12.7 Å². The molecule has 10 nitrogen and oxygen atoms in total. The predicted octanol–water partition coefficient (Wildman–Crippen LogP) is 8.87. The van der Waals surface area contributed by atoms with Gasteiger partial charge in [0.2, 0.25) is 5.79 Å². The molecule has 3 aliphatic rings. The first-order valence-corrected chi connectivity index (χ1v) is 20.5. The number of rotatable bonds is 18. The fourth-order valence-electron chi connectivity index (χ4n) is 9.39. The molecule has 0 unspecified atom stereocenters. The van der Waals surface area contributed by atoms with Crippen molar-refractivity contribution in [1.82, 2.24) is 4.90 Å². The van der Waals surface area contributed by atoms with Crippen molar-refractivity contribution in [3.8, 4) is 17.2 Å². The molecule has 0 aromatic heterocycles. The molecule has 1 saturated carbocycles. The third-order valence-corrected chi connectivity index (χ3v) is 12.0. The summed E-state index contributed by atoms with van der Waals surface area (Å²) in [6, 6.07) is 25.9. The normalized spacial score (nSPS) is 23.9. The zero-order chi connectivity index (χ0) is 40.6. The second-order valence-corrected chi connectivity index (χ2v) is 15.5. The van der Waals surface area contributed by atoms with Crippen LogP contribution in [-0.4, -0.2) is 78.3 Å². The predicted molar refractivity (Wildman–Crippen MR) is 225 cm³/mol. The molecule has 6 atom stereocenters. The van der Waals surface area contributed by atoms with Crippen LogP contribution in [-0.2, 0) is 9.57 Å². The third kappa shape index (κ3) is 8.19. The summed E-state index contributed by atoms with van der Waals surface area (Å²) in [5.74, 6) is -0.264. The Balaban J connectivity index is 1.42. The number of aliphatic hydroxyl groups is 2. The lowest BCUT2D eigenvalue weighted by atomic mass is 9.55. The van der Waals surface area contributed by atoms with E-state index in [1.165, 1.54) is 0 Å². The first-order chi connectivity index (χ1) is 28.3. The van der Waals surface area contributed by atoms with E-state index in [1.54, 1.807) is 29.2 Å². The van der Waals surface area contributed by atoms with E-state index in [4.69, 9.17) is 24.2 Å². The number of aldehydes is 1. The quantitative estimate of drug-likeness (QED) is 0.0444. The van der Waals surface area contributed by atoms with Crippen LogP contribution in [0.2, 0.25) is 0 Å². The number of hydrogen-bond donors (Lipinski definition) is 2. The Kier molecular flexibility index (Phi) is 13.1. The van der Waals surface area contributed by atoms with Crippen molar-refractivity contribution in [2.24, 2.45) is 22.9 Å². The van der Waals surface area contributed by atoms with Crippen LogP contribution < -0.4 is 9.47 Å². The van der Waals surface area contributed by atoms with Crippen molar-refractivity contribution in [3.63, 3.8) is 0 Å². The van der Waals surface area contributed by atoms with Gasteiger partial charge in [-0.15, -0.1) is 6.58 Å². The number of likely N-dealkylation sites (N-methyl/N-ethyl adjacent to an activating group) is 1. The van der Waals surface area contributed by atoms with Crippen LogP contribution in [0.1, 0.15) is 84.1 Å². The lowest BCUT2D eigenvalue weighted by Crippen LogP contribution is -2.69. The van der Waals surface area contributed by atoms with Crippen LogP contribution in [0.4, 0.5) is 0 Å². The summed E-state index contributed by atoms with van der Waals surface area (Å²) < 4.78 is 20.7. The number of carbonyl (C=O) groups excluding carboxylic acids is 2. The summed E-state index contributed by atoms with van der Waals surface area (Å²) in [5, 5.41) is 26.5. The lowest BCUT2D eigenvalue weighted by molar-refractivity contribution is -0.252. The fraction of sp³-hybridized carbons (Fsp3) is 0.396. The lowest BCUT2D eigenvalue weighted by Gasteiger charge is -2.59. The second kappa shape index (κ2) is 18.5. The Hall–Kier alpha value is -5.29. The molecule has 1 heterocycles. The molecule has 10 heteroatoms. The molecular formula is C48H54N2O8. The molecule has 2 N–H and O–H groups in total. The Bertz CT molecular complexity index is 2160. The molecule has 0 spiro atoms. The van der Waals surface area contributed by atoms with Crippen LogP contribution >= 0.6 is 0 Å². The number of oxime groups is 1. The van der Waals surface area contributed by atoms with Gasteiger partial charge in [-0.2, -0.15) is 0 Å². The van der Waals surface area contributed by atoms with Crippen LogP contribution in [0.15, 0.2) is 114 Å². The highest BCUT2D eigenvalue weighted by atomic mass is 16.7. The van der Waals surface area contributed by atoms with Gasteiger partial charge in [-0.3, -0.25) is 9.59 Å². The zero-order valence-corrected chi connectivity index (χ0v) is 33.4. The number of ether oxygens (including phenoxy) is 3. The number of amides is 1. The molecule has 0 bridgehead atoms. The molecule has 4 aromatic rings. The molecule has 0 saturated heterocycles. The maximum absolute atomic E-state index is 14.7. The molecule has 1 fully saturated rings. The van der Waals surface area contributed by atoms with Gasteiger partial charge < -0.3 is 34.2 Å². The molecule has 4 aromatic carbocycles. The number of aliphatic hydroxyl groups excluding tert-OH is 2. The number of allylic oxidation sites excluding steroid dienone is 1. The smallest absolute Gasteiger partial charge is 0.254 e. The van der Waals surface area contributed by atoms with E-state index < -0.39 is 17.7 Å². The topological polar surface area (TPSA) is 127 Å². The molecule has 7 rings (SSSR count). The van der Waals surface area contributed by atoms with Gasteiger partial charge >= 0.3 is 0 Å². The minimum atomic E-state index is -1.36. The van der Waals surface area contributed by atoms with Gasteiger partial charge in [0.1, 0.15) is 36.2 Å². The average molecular weight is 787 g/mol. The maximum Gasteiger partial charge on any atom is 0.254 e. The van der Waals surface area contributed by atoms with Gasteiger partial charge in [0.15, 0.2) is 0 Å². The van der Waals surface area contributed by atoms with Crippen LogP contribution in [0, 0.1) is 17.8 Å². The molecule has 1 aliphatic heterocycles. The van der Waals surface area contributed by atoms with E-state index in [-0.39, 0.29) is 43.5 Å². The molecule has 1 amide bonds. The van der Waals surface area contributed by atoms with Crippen molar-refractivity contribution in [2.45, 2.75) is 69.6 Å². The van der Waals surface area contributed by atoms with Gasteiger partial charge in [-0.1, -0.05) is 72.6 Å². The minimum absolute atomic E-state index is 0.0654. The average Bonchev–Trinajstić information content (AvgIpc) is 3.25. The zero-order valence-electron chi connectivity index (χ0n) is 33.4. The van der Waals surface area contributed by atoms with Crippen molar-refractivity contribution >= 4 is 28.7 Å². The van der Waals surface area contributed by atoms with Crippen LogP contribution in [0.3, 0.4) is 0 Å². The molecule has 58 heavy (non-hydrogen) atoms. The minimum Gasteiger partial charge on any atom is -0.459 e. The summed E-state index contributed by atoms with van der Waals surface area (Å²) in [6.45, 7) is 6.66. The van der Waals surface area contributed by atoms with Crippen molar-refractivity contribution < 1.29 is 38.9 Å². The van der Waals surface area contributed by atoms with E-state index in [0.29, 0.717) is 54.2 Å². The number of fused-ring (bicyclic) bond motifs is 3. The van der Waals surface area contributed by atoms with Gasteiger partial charge in [-0.25, -0.2) is 0 Å². The number of benzene rings is 4. The van der Waals surface area contributed by atoms with E-state index in [0.717, 1.165) is 59.6 Å². The van der Waals surface area contributed by atoms with Crippen molar-refractivity contribution in [1.29, 1.82) is 0 Å². The van der Waals surface area contributed by atoms with Gasteiger partial charge in [-0.05, 0) is 103 Å². The van der Waals surface area contributed by atoms with Gasteiger partial charge in [0.25, 0.3) is 5.91 Å². The monoisotopic (exact) mass is 786 g/mol. The fourth-order valence-corrected chi connectivity index (χ4v) is 9.39. The summed E-state index contributed by atoms with van der Waals surface area (Å²) in [5.41, 5.74) is 3.71. The Morgan fingerprint density at radius 3 is 2.48 bits per heavy atom. The highest BCUT2D eigenvalue weighted by Gasteiger charge is 2.65. The van der Waals surface area contributed by atoms with Crippen molar-refractivity contribution in [3.05, 3.63) is 126 Å². The largest absolute Gasteiger partial charge is 0.459 e. The van der Waals surface area contributed by atoms with E-state index in [1.807, 2.05) is 80.7 Å². The van der Waals surface area contributed by atoms with E-state index >= 15 is 0 Å². The van der Waals surface area contributed by atoms with E-state index in [9.17, 15) is 19.8 Å². The molecule has 0 radical (unpaired) electrons. The molecule has 2 aliphatic carbocycles. The van der Waals surface area contributed by atoms with Crippen LogP contribution in [0.5, 0.6) is 17.2 Å². The van der Waals surface area contributed by atoms with Gasteiger partial charge in [0, 0.05) is 49.3 Å².